The first-order valence-corrected chi connectivity index (χ1v) is 12.7. The Balaban J connectivity index is 1.60. The highest BCUT2D eigenvalue weighted by Gasteiger charge is 2.23. The minimum Gasteiger partial charge on any atom is -0.379 e. The minimum atomic E-state index is 0.0103. The molecule has 1 saturated heterocycles. The summed E-state index contributed by atoms with van der Waals surface area (Å²) in [6.45, 7) is 9.04. The van der Waals surface area contributed by atoms with E-state index in [9.17, 15) is 4.79 Å². The Morgan fingerprint density at radius 1 is 1.16 bits per heavy atom. The van der Waals surface area contributed by atoms with E-state index >= 15 is 0 Å². The van der Waals surface area contributed by atoms with Gasteiger partial charge < -0.3 is 4.74 Å². The maximum absolute atomic E-state index is 13.5. The van der Waals surface area contributed by atoms with Crippen molar-refractivity contribution < 1.29 is 9.53 Å². The highest BCUT2D eigenvalue weighted by molar-refractivity contribution is 7.99. The van der Waals surface area contributed by atoms with E-state index in [4.69, 9.17) is 9.72 Å². The predicted octanol–water partition coefficient (Wildman–Crippen LogP) is 4.95. The number of carbonyl (C=O) groups is 1. The van der Waals surface area contributed by atoms with Crippen LogP contribution >= 0.6 is 23.1 Å². The van der Waals surface area contributed by atoms with Crippen LogP contribution < -0.4 is 4.90 Å². The van der Waals surface area contributed by atoms with Gasteiger partial charge in [-0.1, -0.05) is 31.3 Å². The predicted molar refractivity (Wildman–Crippen MR) is 131 cm³/mol. The fourth-order valence-electron chi connectivity index (χ4n) is 3.66. The highest BCUT2D eigenvalue weighted by Crippen LogP contribution is 2.31. The lowest BCUT2D eigenvalue weighted by Crippen LogP contribution is -2.43. The van der Waals surface area contributed by atoms with Gasteiger partial charge in [0.1, 0.15) is 0 Å². The second-order valence-corrected chi connectivity index (χ2v) is 9.87. The number of thioether (sulfide) groups is 1. The quantitative estimate of drug-likeness (QED) is 0.450. The monoisotopic (exact) mass is 455 g/mol. The van der Waals surface area contributed by atoms with Gasteiger partial charge in [0.25, 0.3) is 5.91 Å². The SMILES string of the molecule is CCSc1ccc(C(=O)N(CCN2CCOCC2)c2nc3ccc(CC)cc3s2)cc1. The Labute approximate surface area is 192 Å². The maximum atomic E-state index is 13.5. The molecule has 1 aliphatic rings. The molecule has 1 aliphatic heterocycles. The molecular formula is C24H29N3O2S2. The molecule has 31 heavy (non-hydrogen) atoms. The largest absolute Gasteiger partial charge is 0.379 e. The zero-order valence-electron chi connectivity index (χ0n) is 18.2. The molecule has 0 spiro atoms. The van der Waals surface area contributed by atoms with Crippen molar-refractivity contribution in [2.45, 2.75) is 25.2 Å². The van der Waals surface area contributed by atoms with E-state index in [1.807, 2.05) is 29.2 Å². The van der Waals surface area contributed by atoms with Gasteiger partial charge in [0.05, 0.1) is 23.4 Å². The van der Waals surface area contributed by atoms with E-state index < -0.39 is 0 Å². The van der Waals surface area contributed by atoms with Crippen molar-refractivity contribution in [1.82, 2.24) is 9.88 Å². The minimum absolute atomic E-state index is 0.0103. The molecule has 0 aliphatic carbocycles. The number of aryl methyl sites for hydroxylation is 1. The zero-order valence-corrected chi connectivity index (χ0v) is 19.8. The number of amides is 1. The molecule has 164 valence electrons. The van der Waals surface area contributed by atoms with Crippen molar-refractivity contribution in [2.75, 3.05) is 50.0 Å². The van der Waals surface area contributed by atoms with Gasteiger partial charge in [-0.15, -0.1) is 11.8 Å². The second-order valence-electron chi connectivity index (χ2n) is 7.52. The number of morpholine rings is 1. The third-order valence-electron chi connectivity index (χ3n) is 5.48. The molecule has 0 unspecified atom stereocenters. The Hall–Kier alpha value is -1.93. The Morgan fingerprint density at radius 2 is 1.94 bits per heavy atom. The molecule has 2 aromatic carbocycles. The van der Waals surface area contributed by atoms with E-state index in [2.05, 4.69) is 36.9 Å². The summed E-state index contributed by atoms with van der Waals surface area (Å²) >= 11 is 3.38. The average molecular weight is 456 g/mol. The zero-order chi connectivity index (χ0) is 21.6. The molecule has 0 atom stereocenters. The fraction of sp³-hybridized carbons (Fsp3) is 0.417. The molecule has 7 heteroatoms. The molecule has 0 N–H and O–H groups in total. The smallest absolute Gasteiger partial charge is 0.260 e. The van der Waals surface area contributed by atoms with Crippen LogP contribution in [-0.2, 0) is 11.2 Å². The van der Waals surface area contributed by atoms with Crippen LogP contribution in [0, 0.1) is 0 Å². The number of anilines is 1. The molecule has 5 nitrogen and oxygen atoms in total. The van der Waals surface area contributed by atoms with Crippen molar-refractivity contribution in [3.63, 3.8) is 0 Å². The van der Waals surface area contributed by atoms with E-state index in [1.165, 1.54) is 10.5 Å². The Bertz CT molecular complexity index is 1010. The van der Waals surface area contributed by atoms with Crippen LogP contribution in [0.2, 0.25) is 0 Å². The number of hydrogen-bond acceptors (Lipinski definition) is 6. The van der Waals surface area contributed by atoms with Crippen molar-refractivity contribution in [3.05, 3.63) is 53.6 Å². The average Bonchev–Trinajstić information content (AvgIpc) is 3.23. The second kappa shape index (κ2) is 10.6. The van der Waals surface area contributed by atoms with Crippen molar-refractivity contribution in [2.24, 2.45) is 0 Å². The molecule has 2 heterocycles. The standard InChI is InChI=1S/C24H29N3O2S2/c1-3-18-5-10-21-22(17-18)31-24(25-21)27(12-11-26-13-15-29-16-14-26)23(28)19-6-8-20(9-7-19)30-4-2/h5-10,17H,3-4,11-16H2,1-2H3. The van der Waals surface area contributed by atoms with E-state index in [-0.39, 0.29) is 5.91 Å². The van der Waals surface area contributed by atoms with E-state index in [0.717, 1.165) is 60.4 Å². The number of thiazole rings is 1. The molecular weight excluding hydrogens is 426 g/mol. The number of nitrogens with zero attached hydrogens (tertiary/aromatic N) is 3. The van der Waals surface area contributed by atoms with Crippen molar-refractivity contribution >= 4 is 44.4 Å². The molecule has 0 radical (unpaired) electrons. The summed E-state index contributed by atoms with van der Waals surface area (Å²) in [5, 5.41) is 0.772. The van der Waals surface area contributed by atoms with Gasteiger partial charge >= 0.3 is 0 Å². The van der Waals surface area contributed by atoms with Crippen molar-refractivity contribution in [3.8, 4) is 0 Å². The van der Waals surface area contributed by atoms with Gasteiger partial charge in [-0.05, 0) is 54.1 Å². The maximum Gasteiger partial charge on any atom is 0.260 e. The topological polar surface area (TPSA) is 45.7 Å². The Morgan fingerprint density at radius 3 is 2.65 bits per heavy atom. The number of fused-ring (bicyclic) bond motifs is 1. The highest BCUT2D eigenvalue weighted by atomic mass is 32.2. The van der Waals surface area contributed by atoms with Crippen LogP contribution in [0.25, 0.3) is 10.2 Å². The molecule has 1 amide bonds. The number of hydrogen-bond donors (Lipinski definition) is 0. The molecule has 0 bridgehead atoms. The van der Waals surface area contributed by atoms with E-state index in [1.54, 1.807) is 23.1 Å². The lowest BCUT2D eigenvalue weighted by Gasteiger charge is -2.29. The third kappa shape index (κ3) is 5.47. The fourth-order valence-corrected chi connectivity index (χ4v) is 5.37. The normalized spacial score (nSPS) is 14.8. The van der Waals surface area contributed by atoms with Gasteiger partial charge in [0, 0.05) is 36.6 Å². The summed E-state index contributed by atoms with van der Waals surface area (Å²) in [5.41, 5.74) is 2.95. The van der Waals surface area contributed by atoms with Crippen LogP contribution in [0.5, 0.6) is 0 Å². The van der Waals surface area contributed by atoms with Crippen LogP contribution in [0.1, 0.15) is 29.8 Å². The van der Waals surface area contributed by atoms with E-state index in [0.29, 0.717) is 12.1 Å². The summed E-state index contributed by atoms with van der Waals surface area (Å²) in [4.78, 5) is 23.7. The number of benzene rings is 2. The molecule has 3 aromatic rings. The first-order valence-electron chi connectivity index (χ1n) is 10.9. The molecule has 1 aromatic heterocycles. The van der Waals surface area contributed by atoms with Crippen LogP contribution in [0.15, 0.2) is 47.4 Å². The summed E-state index contributed by atoms with van der Waals surface area (Å²) in [6, 6.07) is 14.3. The van der Waals surface area contributed by atoms with Gasteiger partial charge in [0.15, 0.2) is 5.13 Å². The lowest BCUT2D eigenvalue weighted by molar-refractivity contribution is 0.0391. The number of ether oxygens (including phenoxy) is 1. The molecule has 0 saturated carbocycles. The summed E-state index contributed by atoms with van der Waals surface area (Å²) in [7, 11) is 0. The Kier molecular flexibility index (Phi) is 7.61. The lowest BCUT2D eigenvalue weighted by atomic mass is 10.2. The summed E-state index contributed by atoms with van der Waals surface area (Å²) in [5.74, 6) is 1.03. The van der Waals surface area contributed by atoms with Gasteiger partial charge in [-0.2, -0.15) is 0 Å². The first-order chi connectivity index (χ1) is 15.2. The molecule has 4 rings (SSSR count). The third-order valence-corrected chi connectivity index (χ3v) is 7.42. The van der Waals surface area contributed by atoms with Crippen molar-refractivity contribution in [1.29, 1.82) is 0 Å². The number of rotatable bonds is 8. The van der Waals surface area contributed by atoms with Gasteiger partial charge in [-0.3, -0.25) is 14.6 Å². The van der Waals surface area contributed by atoms with Gasteiger partial charge in [-0.25, -0.2) is 4.98 Å². The van der Waals surface area contributed by atoms with Crippen LogP contribution in [-0.4, -0.2) is 60.9 Å². The van der Waals surface area contributed by atoms with Crippen LogP contribution in [0.3, 0.4) is 0 Å². The first kappa shape index (κ1) is 22.3. The number of carbonyl (C=O) groups excluding carboxylic acids is 1. The molecule has 1 fully saturated rings. The van der Waals surface area contributed by atoms with Gasteiger partial charge in [0.2, 0.25) is 0 Å². The number of aromatic nitrogens is 1. The summed E-state index contributed by atoms with van der Waals surface area (Å²) in [6.07, 6.45) is 0.991. The summed E-state index contributed by atoms with van der Waals surface area (Å²) < 4.78 is 6.60. The van der Waals surface area contributed by atoms with Crippen LogP contribution in [0.4, 0.5) is 5.13 Å².